The summed E-state index contributed by atoms with van der Waals surface area (Å²) in [6.45, 7) is 1.02. The number of aromatic nitrogens is 2. The molecule has 2 aromatic rings. The minimum absolute atomic E-state index is 0.352. The van der Waals surface area contributed by atoms with Crippen LogP contribution in [0.1, 0.15) is 11.3 Å². The van der Waals surface area contributed by atoms with Gasteiger partial charge in [0.15, 0.2) is 0 Å². The Balaban J connectivity index is 1.79. The molecule has 1 aromatic heterocycles. The van der Waals surface area contributed by atoms with Gasteiger partial charge < -0.3 is 15.5 Å². The first-order valence-corrected chi connectivity index (χ1v) is 9.29. The first-order valence-electron chi connectivity index (χ1n) is 8.14. The largest absolute Gasteiger partial charge is 0.347 e. The molecule has 1 aliphatic heterocycles. The van der Waals surface area contributed by atoms with E-state index in [0.717, 1.165) is 17.0 Å². The van der Waals surface area contributed by atoms with Crippen molar-refractivity contribution in [3.63, 3.8) is 0 Å². The second kappa shape index (κ2) is 7.88. The van der Waals surface area contributed by atoms with Crippen molar-refractivity contribution in [2.45, 2.75) is 11.5 Å². The molecule has 1 aliphatic rings. The van der Waals surface area contributed by atoms with E-state index >= 15 is 0 Å². The van der Waals surface area contributed by atoms with Gasteiger partial charge in [-0.15, -0.1) is 0 Å². The van der Waals surface area contributed by atoms with Crippen LogP contribution >= 0.6 is 11.8 Å². The lowest BCUT2D eigenvalue weighted by molar-refractivity contribution is -0.136. The van der Waals surface area contributed by atoms with Gasteiger partial charge in [0.05, 0.1) is 11.4 Å². The smallest absolute Gasteiger partial charge is 0.314 e. The minimum Gasteiger partial charge on any atom is -0.347 e. The summed E-state index contributed by atoms with van der Waals surface area (Å²) in [5, 5.41) is 9.76. The number of thioether (sulfide) groups is 1. The molecule has 9 heteroatoms. The van der Waals surface area contributed by atoms with Crippen molar-refractivity contribution in [2.75, 3.05) is 32.5 Å². The van der Waals surface area contributed by atoms with Crippen LogP contribution in [-0.4, -0.2) is 53.7 Å². The summed E-state index contributed by atoms with van der Waals surface area (Å²) in [5.74, 6) is 0.111. The molecular formula is C17H20FN5O2S. The predicted molar refractivity (Wildman–Crippen MR) is 98.7 cm³/mol. The van der Waals surface area contributed by atoms with Gasteiger partial charge in [-0.05, 0) is 38.4 Å². The molecule has 0 unspecified atom stereocenters. The maximum atomic E-state index is 13.2. The summed E-state index contributed by atoms with van der Waals surface area (Å²) in [4.78, 5) is 26.2. The van der Waals surface area contributed by atoms with Gasteiger partial charge in [0.2, 0.25) is 0 Å². The van der Waals surface area contributed by atoms with Gasteiger partial charge in [-0.3, -0.25) is 9.59 Å². The molecule has 0 radical (unpaired) electrons. The summed E-state index contributed by atoms with van der Waals surface area (Å²) in [6, 6.07) is 5.82. The first kappa shape index (κ1) is 18.4. The van der Waals surface area contributed by atoms with Crippen molar-refractivity contribution in [2.24, 2.45) is 0 Å². The maximum absolute atomic E-state index is 13.2. The van der Waals surface area contributed by atoms with Crippen molar-refractivity contribution in [3.8, 4) is 5.69 Å². The van der Waals surface area contributed by atoms with Crippen LogP contribution in [0.25, 0.3) is 5.69 Å². The van der Waals surface area contributed by atoms with Crippen LogP contribution in [0, 0.1) is 5.82 Å². The van der Waals surface area contributed by atoms with Crippen LogP contribution in [-0.2, 0) is 21.1 Å². The van der Waals surface area contributed by atoms with Crippen LogP contribution in [0.4, 0.5) is 10.2 Å². The monoisotopic (exact) mass is 377 g/mol. The van der Waals surface area contributed by atoms with Gasteiger partial charge in [0, 0.05) is 30.2 Å². The summed E-state index contributed by atoms with van der Waals surface area (Å²) in [5.41, 5.74) is 2.38. The summed E-state index contributed by atoms with van der Waals surface area (Å²) >= 11 is 1.69. The van der Waals surface area contributed by atoms with Crippen molar-refractivity contribution >= 4 is 29.4 Å². The van der Waals surface area contributed by atoms with Crippen LogP contribution in [0.2, 0.25) is 0 Å². The number of nitrogens with zero attached hydrogens (tertiary/aromatic N) is 3. The molecule has 0 saturated carbocycles. The molecule has 1 aromatic carbocycles. The molecule has 26 heavy (non-hydrogen) atoms. The number of hydrogen-bond acceptors (Lipinski definition) is 5. The lowest BCUT2D eigenvalue weighted by Gasteiger charge is -2.12. The number of likely N-dealkylation sites (N-methyl/N-ethyl adjacent to an activating group) is 1. The number of carbonyl (C=O) groups excluding carboxylic acids is 2. The number of amides is 2. The van der Waals surface area contributed by atoms with E-state index in [0.29, 0.717) is 30.3 Å². The molecule has 0 aliphatic carbocycles. The highest BCUT2D eigenvalue weighted by molar-refractivity contribution is 7.98. The molecule has 0 fully saturated rings. The van der Waals surface area contributed by atoms with Crippen molar-refractivity contribution in [1.82, 2.24) is 20.0 Å². The highest BCUT2D eigenvalue weighted by Gasteiger charge is 2.26. The zero-order chi connectivity index (χ0) is 18.7. The van der Waals surface area contributed by atoms with Crippen molar-refractivity contribution in [3.05, 3.63) is 41.3 Å². The summed E-state index contributed by atoms with van der Waals surface area (Å²) in [7, 11) is 3.77. The number of nitrogens with one attached hydrogen (secondary N) is 2. The van der Waals surface area contributed by atoms with Crippen LogP contribution in [0.3, 0.4) is 0 Å². The zero-order valence-electron chi connectivity index (χ0n) is 14.6. The summed E-state index contributed by atoms with van der Waals surface area (Å²) in [6.07, 6.45) is 0. The van der Waals surface area contributed by atoms with E-state index in [-0.39, 0.29) is 5.82 Å². The van der Waals surface area contributed by atoms with Gasteiger partial charge in [-0.1, -0.05) is 0 Å². The summed E-state index contributed by atoms with van der Waals surface area (Å²) < 4.78 is 14.7. The molecule has 0 saturated heterocycles. The lowest BCUT2D eigenvalue weighted by Crippen LogP contribution is -2.39. The van der Waals surface area contributed by atoms with E-state index in [9.17, 15) is 14.0 Å². The Morgan fingerprint density at radius 1 is 1.23 bits per heavy atom. The maximum Gasteiger partial charge on any atom is 0.314 e. The third kappa shape index (κ3) is 4.05. The molecule has 2 heterocycles. The lowest BCUT2D eigenvalue weighted by atomic mass is 10.2. The quantitative estimate of drug-likeness (QED) is 0.770. The van der Waals surface area contributed by atoms with E-state index in [1.165, 1.54) is 12.1 Å². The highest BCUT2D eigenvalue weighted by atomic mass is 32.2. The van der Waals surface area contributed by atoms with Gasteiger partial charge in [0.1, 0.15) is 11.6 Å². The first-order chi connectivity index (χ1) is 12.5. The Labute approximate surface area is 154 Å². The van der Waals surface area contributed by atoms with Crippen LogP contribution < -0.4 is 10.6 Å². The second-order valence-electron chi connectivity index (χ2n) is 6.17. The van der Waals surface area contributed by atoms with E-state index < -0.39 is 11.8 Å². The van der Waals surface area contributed by atoms with Gasteiger partial charge >= 0.3 is 11.8 Å². The highest BCUT2D eigenvalue weighted by Crippen LogP contribution is 2.36. The van der Waals surface area contributed by atoms with Gasteiger partial charge in [0.25, 0.3) is 0 Å². The number of anilines is 1. The Hall–Kier alpha value is -2.39. The number of fused-ring (bicyclic) bond motifs is 1. The van der Waals surface area contributed by atoms with E-state index in [4.69, 9.17) is 0 Å². The minimum atomic E-state index is -0.744. The molecule has 0 bridgehead atoms. The Kier molecular flexibility index (Phi) is 5.58. The molecule has 3 rings (SSSR count). The molecule has 2 amide bonds. The second-order valence-corrected chi connectivity index (χ2v) is 7.15. The molecule has 2 N–H and O–H groups in total. The molecule has 7 nitrogen and oxygen atoms in total. The Morgan fingerprint density at radius 2 is 1.96 bits per heavy atom. The fraction of sp³-hybridized carbons (Fsp3) is 0.353. The zero-order valence-corrected chi connectivity index (χ0v) is 15.4. The number of rotatable bonds is 5. The number of carbonyl (C=O) groups is 2. The molecule has 0 spiro atoms. The van der Waals surface area contributed by atoms with Gasteiger partial charge in [-0.2, -0.15) is 16.9 Å². The van der Waals surface area contributed by atoms with Gasteiger partial charge in [-0.25, -0.2) is 9.07 Å². The van der Waals surface area contributed by atoms with Crippen LogP contribution in [0.15, 0.2) is 24.3 Å². The standard InChI is InChI=1S/C17H20FN5O2S/c1-22(2)8-7-19-16(24)17(25)20-15-13-9-26-10-14(13)21-23(15)12-5-3-11(18)4-6-12/h3-6H,7-10H2,1-2H3,(H,19,24)(H,20,25). The number of benzene rings is 1. The SMILES string of the molecule is CN(C)CCNC(=O)C(=O)Nc1c2c(nn1-c1ccc(F)cc1)CSC2. The van der Waals surface area contributed by atoms with Crippen LogP contribution in [0.5, 0.6) is 0 Å². The van der Waals surface area contributed by atoms with E-state index in [1.807, 2.05) is 19.0 Å². The molecule has 0 atom stereocenters. The third-order valence-electron chi connectivity index (χ3n) is 3.91. The number of hydrogen-bond donors (Lipinski definition) is 2. The Morgan fingerprint density at radius 3 is 2.65 bits per heavy atom. The molecular weight excluding hydrogens is 357 g/mol. The third-order valence-corrected chi connectivity index (χ3v) is 4.88. The Bertz CT molecular complexity index is 819. The normalized spacial score (nSPS) is 12.9. The van der Waals surface area contributed by atoms with E-state index in [2.05, 4.69) is 15.7 Å². The van der Waals surface area contributed by atoms with Crippen molar-refractivity contribution < 1.29 is 14.0 Å². The van der Waals surface area contributed by atoms with Crippen molar-refractivity contribution in [1.29, 1.82) is 0 Å². The average Bonchev–Trinajstić information content (AvgIpc) is 3.18. The topological polar surface area (TPSA) is 79.3 Å². The fourth-order valence-electron chi connectivity index (χ4n) is 2.55. The average molecular weight is 377 g/mol. The predicted octanol–water partition coefficient (Wildman–Crippen LogP) is 1.37. The number of halogens is 1. The fourth-order valence-corrected chi connectivity index (χ4v) is 3.58. The molecule has 138 valence electrons. The van der Waals surface area contributed by atoms with E-state index in [1.54, 1.807) is 28.6 Å².